The van der Waals surface area contributed by atoms with Gasteiger partial charge in [-0.1, -0.05) is 0 Å². The Morgan fingerprint density at radius 3 is 2.60 bits per heavy atom. The first-order chi connectivity index (χ1) is 4.54. The van der Waals surface area contributed by atoms with Crippen LogP contribution in [-0.4, -0.2) is 29.6 Å². The molecule has 0 bridgehead atoms. The Morgan fingerprint density at radius 2 is 2.30 bits per heavy atom. The minimum Gasteiger partial charge on any atom is -0.464 e. The van der Waals surface area contributed by atoms with E-state index in [9.17, 15) is 9.59 Å². The summed E-state index contributed by atoms with van der Waals surface area (Å²) in [4.78, 5) is 20.6. The van der Waals surface area contributed by atoms with Gasteiger partial charge in [0.1, 0.15) is 0 Å². The molecule has 10 heavy (non-hydrogen) atoms. The molecule has 0 aromatic carbocycles. The number of carbonyl (C=O) groups excluding carboxylic acids is 2. The molecule has 0 saturated carbocycles. The maximum absolute atomic E-state index is 10.6. The van der Waals surface area contributed by atoms with Crippen molar-refractivity contribution in [3.8, 4) is 0 Å². The molecule has 0 aromatic rings. The van der Waals surface area contributed by atoms with Gasteiger partial charge in [-0.15, -0.1) is 0 Å². The molecule has 0 spiro atoms. The molecule has 0 aliphatic rings. The third-order valence-corrected chi connectivity index (χ3v) is 0.918. The summed E-state index contributed by atoms with van der Waals surface area (Å²) < 4.78 is 4.38. The monoisotopic (exact) mass is 146 g/mol. The van der Waals surface area contributed by atoms with E-state index >= 15 is 0 Å². The maximum Gasteiger partial charge on any atom is 0.345 e. The molecule has 1 unspecified atom stereocenters. The lowest BCUT2D eigenvalue weighted by atomic mass is 10.1. The molecule has 0 aromatic heterocycles. The highest BCUT2D eigenvalue weighted by molar-refractivity contribution is 5.95. The van der Waals surface area contributed by atoms with Gasteiger partial charge in [-0.3, -0.25) is 4.79 Å². The average Bonchev–Trinajstić information content (AvgIpc) is 1.89. The van der Waals surface area contributed by atoms with Gasteiger partial charge in [0, 0.05) is 0 Å². The highest BCUT2D eigenvalue weighted by Crippen LogP contribution is 2.00. The van der Waals surface area contributed by atoms with Crippen molar-refractivity contribution < 1.29 is 19.4 Å². The average molecular weight is 146 g/mol. The van der Waals surface area contributed by atoms with Gasteiger partial charge in [0.2, 0.25) is 5.60 Å². The van der Waals surface area contributed by atoms with Crippen molar-refractivity contribution in [3.05, 3.63) is 0 Å². The zero-order chi connectivity index (χ0) is 8.20. The number of hydrogen-bond donors (Lipinski definition) is 1. The number of aliphatic hydroxyl groups is 1. The van der Waals surface area contributed by atoms with Crippen LogP contribution in [0.1, 0.15) is 13.8 Å². The molecule has 0 aliphatic carbocycles. The Labute approximate surface area is 58.8 Å². The van der Waals surface area contributed by atoms with Crippen LogP contribution in [-0.2, 0) is 14.3 Å². The van der Waals surface area contributed by atoms with Gasteiger partial charge in [0.15, 0.2) is 6.29 Å². The standard InChI is InChI=1S/C6H10O4/c1-3-10-5(8)6(2,9)4-7/h4,9H,3H2,1-2H3. The zero-order valence-electron chi connectivity index (χ0n) is 5.96. The summed E-state index contributed by atoms with van der Waals surface area (Å²) in [5.41, 5.74) is -1.99. The van der Waals surface area contributed by atoms with Crippen LogP contribution in [0.2, 0.25) is 0 Å². The predicted molar refractivity (Wildman–Crippen MR) is 33.3 cm³/mol. The van der Waals surface area contributed by atoms with Crippen molar-refractivity contribution in [1.82, 2.24) is 0 Å². The predicted octanol–water partition coefficient (Wildman–Crippen LogP) is -0.501. The molecule has 0 heterocycles. The van der Waals surface area contributed by atoms with Crippen molar-refractivity contribution in [1.29, 1.82) is 0 Å². The molecule has 4 heteroatoms. The summed E-state index contributed by atoms with van der Waals surface area (Å²) in [6, 6.07) is 0. The number of carbonyl (C=O) groups is 2. The van der Waals surface area contributed by atoms with Crippen molar-refractivity contribution >= 4 is 12.3 Å². The van der Waals surface area contributed by atoms with Gasteiger partial charge >= 0.3 is 5.97 Å². The third kappa shape index (κ3) is 2.14. The summed E-state index contributed by atoms with van der Waals surface area (Å²) >= 11 is 0. The Kier molecular flexibility index (Phi) is 3.02. The molecule has 1 atom stereocenters. The van der Waals surface area contributed by atoms with Crippen LogP contribution >= 0.6 is 0 Å². The van der Waals surface area contributed by atoms with Gasteiger partial charge in [0.05, 0.1) is 6.61 Å². The molecule has 0 saturated heterocycles. The number of esters is 1. The molecular formula is C6H10O4. The van der Waals surface area contributed by atoms with Crippen LogP contribution in [0.15, 0.2) is 0 Å². The van der Waals surface area contributed by atoms with Gasteiger partial charge in [-0.05, 0) is 13.8 Å². The summed E-state index contributed by atoms with van der Waals surface area (Å²) in [7, 11) is 0. The van der Waals surface area contributed by atoms with Gasteiger partial charge in [0.25, 0.3) is 0 Å². The second-order valence-corrected chi connectivity index (χ2v) is 1.99. The molecule has 1 N–H and O–H groups in total. The first-order valence-electron chi connectivity index (χ1n) is 2.90. The minimum absolute atomic E-state index is 0.144. The normalized spacial score (nSPS) is 15.5. The fourth-order valence-electron chi connectivity index (χ4n) is 0.325. The van der Waals surface area contributed by atoms with Crippen LogP contribution in [0.4, 0.5) is 0 Å². The van der Waals surface area contributed by atoms with E-state index in [2.05, 4.69) is 4.74 Å². The molecule has 4 nitrogen and oxygen atoms in total. The van der Waals surface area contributed by atoms with E-state index < -0.39 is 11.6 Å². The number of hydrogen-bond acceptors (Lipinski definition) is 4. The van der Waals surface area contributed by atoms with E-state index in [4.69, 9.17) is 5.11 Å². The molecule has 58 valence electrons. The quantitative estimate of drug-likeness (QED) is 0.331. The summed E-state index contributed by atoms with van der Waals surface area (Å²) in [6.07, 6.45) is 0.144. The molecule has 0 rings (SSSR count). The van der Waals surface area contributed by atoms with Crippen molar-refractivity contribution in [3.63, 3.8) is 0 Å². The van der Waals surface area contributed by atoms with E-state index in [-0.39, 0.29) is 12.9 Å². The van der Waals surface area contributed by atoms with E-state index in [1.54, 1.807) is 6.92 Å². The smallest absolute Gasteiger partial charge is 0.345 e. The van der Waals surface area contributed by atoms with E-state index in [1.165, 1.54) is 0 Å². The molecule has 0 aliphatic heterocycles. The number of rotatable bonds is 3. The van der Waals surface area contributed by atoms with Crippen molar-refractivity contribution in [2.75, 3.05) is 6.61 Å². The minimum atomic E-state index is -1.99. The first-order valence-corrected chi connectivity index (χ1v) is 2.90. The van der Waals surface area contributed by atoms with Crippen LogP contribution in [0, 0.1) is 0 Å². The topological polar surface area (TPSA) is 63.6 Å². The Balaban J connectivity index is 4.04. The van der Waals surface area contributed by atoms with Crippen molar-refractivity contribution in [2.45, 2.75) is 19.4 Å². The lowest BCUT2D eigenvalue weighted by Crippen LogP contribution is -2.38. The third-order valence-electron chi connectivity index (χ3n) is 0.918. The van der Waals surface area contributed by atoms with E-state index in [0.717, 1.165) is 6.92 Å². The first kappa shape index (κ1) is 9.10. The summed E-state index contributed by atoms with van der Waals surface area (Å²) in [6.45, 7) is 2.83. The van der Waals surface area contributed by atoms with Gasteiger partial charge in [-0.2, -0.15) is 0 Å². The summed E-state index contributed by atoms with van der Waals surface area (Å²) in [5.74, 6) is -0.912. The number of ether oxygens (including phenoxy) is 1. The second kappa shape index (κ2) is 3.31. The molecule has 0 radical (unpaired) electrons. The molecular weight excluding hydrogens is 136 g/mol. The fourth-order valence-corrected chi connectivity index (χ4v) is 0.325. The highest BCUT2D eigenvalue weighted by Gasteiger charge is 2.30. The molecule has 0 amide bonds. The van der Waals surface area contributed by atoms with Crippen LogP contribution < -0.4 is 0 Å². The van der Waals surface area contributed by atoms with Gasteiger partial charge in [-0.25, -0.2) is 4.79 Å². The van der Waals surface area contributed by atoms with Crippen LogP contribution in [0.5, 0.6) is 0 Å². The van der Waals surface area contributed by atoms with E-state index in [1.807, 2.05) is 0 Å². The Hall–Kier alpha value is -0.900. The van der Waals surface area contributed by atoms with E-state index in [0.29, 0.717) is 0 Å². The SMILES string of the molecule is CCOC(=O)C(C)(O)C=O. The lowest BCUT2D eigenvalue weighted by molar-refractivity contribution is -0.164. The Bertz CT molecular complexity index is 139. The highest BCUT2D eigenvalue weighted by atomic mass is 16.5. The van der Waals surface area contributed by atoms with Gasteiger partial charge < -0.3 is 9.84 Å². The number of aldehydes is 1. The Morgan fingerprint density at radius 1 is 1.80 bits per heavy atom. The lowest BCUT2D eigenvalue weighted by Gasteiger charge is -2.12. The van der Waals surface area contributed by atoms with Crippen molar-refractivity contribution in [2.24, 2.45) is 0 Å². The molecule has 0 fully saturated rings. The second-order valence-electron chi connectivity index (χ2n) is 1.99. The fraction of sp³-hybridized carbons (Fsp3) is 0.667. The maximum atomic E-state index is 10.6. The largest absolute Gasteiger partial charge is 0.464 e. The van der Waals surface area contributed by atoms with Crippen LogP contribution in [0.25, 0.3) is 0 Å². The summed E-state index contributed by atoms with van der Waals surface area (Å²) in [5, 5.41) is 8.88. The van der Waals surface area contributed by atoms with Crippen LogP contribution in [0.3, 0.4) is 0 Å². The zero-order valence-corrected chi connectivity index (χ0v) is 5.96.